The van der Waals surface area contributed by atoms with Crippen LogP contribution in [0.1, 0.15) is 30.7 Å². The second kappa shape index (κ2) is 7.62. The van der Waals surface area contributed by atoms with Crippen molar-refractivity contribution in [2.24, 2.45) is 0 Å². The molecule has 126 valence electrons. The number of halogens is 2. The zero-order valence-electron chi connectivity index (χ0n) is 13.0. The molecule has 24 heavy (non-hydrogen) atoms. The van der Waals surface area contributed by atoms with Crippen LogP contribution in [-0.2, 0) is 4.79 Å². The van der Waals surface area contributed by atoms with E-state index in [-0.39, 0.29) is 23.7 Å². The van der Waals surface area contributed by atoms with Crippen LogP contribution < -0.4 is 10.1 Å². The molecule has 1 aliphatic rings. The Morgan fingerprint density at radius 1 is 1.38 bits per heavy atom. The number of hydrogen-bond acceptors (Lipinski definition) is 3. The van der Waals surface area contributed by atoms with E-state index in [4.69, 9.17) is 16.3 Å². The Morgan fingerprint density at radius 2 is 2.25 bits per heavy atom. The lowest BCUT2D eigenvalue weighted by atomic mass is 10.1. The summed E-state index contributed by atoms with van der Waals surface area (Å²) >= 11 is 6.05. The summed E-state index contributed by atoms with van der Waals surface area (Å²) in [5.74, 6) is 0.294. The van der Waals surface area contributed by atoms with E-state index in [1.807, 2.05) is 6.07 Å². The Balaban J connectivity index is 1.39. The summed E-state index contributed by atoms with van der Waals surface area (Å²) in [4.78, 5) is 15.9. The van der Waals surface area contributed by atoms with Crippen molar-refractivity contribution in [1.82, 2.24) is 10.3 Å². The van der Waals surface area contributed by atoms with E-state index in [2.05, 4.69) is 10.3 Å². The number of hydrogen-bond donors (Lipinski definition) is 1. The van der Waals surface area contributed by atoms with Crippen molar-refractivity contribution in [3.63, 3.8) is 0 Å². The Bertz CT molecular complexity index is 691. The molecule has 1 aromatic heterocycles. The van der Waals surface area contributed by atoms with Gasteiger partial charge < -0.3 is 10.1 Å². The number of carbonyl (C=O) groups is 1. The lowest BCUT2D eigenvalue weighted by molar-refractivity contribution is -0.121. The molecule has 2 atom stereocenters. The molecule has 1 fully saturated rings. The molecule has 2 aromatic rings. The summed E-state index contributed by atoms with van der Waals surface area (Å²) in [6.07, 6.45) is 5.01. The van der Waals surface area contributed by atoms with E-state index in [0.717, 1.165) is 6.42 Å². The van der Waals surface area contributed by atoms with Crippen molar-refractivity contribution in [1.29, 1.82) is 0 Å². The molecule has 0 unspecified atom stereocenters. The topological polar surface area (TPSA) is 51.2 Å². The number of nitrogens with zero attached hydrogens (tertiary/aromatic N) is 1. The van der Waals surface area contributed by atoms with Crippen molar-refractivity contribution >= 4 is 17.5 Å². The molecule has 1 heterocycles. The number of amides is 1. The van der Waals surface area contributed by atoms with Crippen LogP contribution in [0.5, 0.6) is 5.75 Å². The minimum atomic E-state index is -0.311. The summed E-state index contributed by atoms with van der Waals surface area (Å²) in [6, 6.07) is 8.23. The number of carbonyl (C=O) groups excluding carboxylic acids is 1. The van der Waals surface area contributed by atoms with Gasteiger partial charge in [0.25, 0.3) is 0 Å². The Hall–Kier alpha value is -2.14. The van der Waals surface area contributed by atoms with Gasteiger partial charge in [0.2, 0.25) is 5.91 Å². The van der Waals surface area contributed by atoms with Crippen LogP contribution >= 0.6 is 11.6 Å². The standard InChI is InChI=1S/C18H18ClFN2O2/c19-14-5-1-6-15(20)18(14)13-10-16(13)22-17(23)7-3-9-24-12-4-2-8-21-11-12/h1-2,4-6,8,11,13,16H,3,7,9-10H2,(H,22,23)/t13-,16-/m1/s1. The summed E-state index contributed by atoms with van der Waals surface area (Å²) in [5, 5.41) is 3.34. The highest BCUT2D eigenvalue weighted by atomic mass is 35.5. The van der Waals surface area contributed by atoms with Crippen molar-refractivity contribution in [2.45, 2.75) is 31.2 Å². The van der Waals surface area contributed by atoms with Gasteiger partial charge in [-0.1, -0.05) is 17.7 Å². The highest BCUT2D eigenvalue weighted by Crippen LogP contribution is 2.44. The van der Waals surface area contributed by atoms with E-state index in [1.54, 1.807) is 30.6 Å². The van der Waals surface area contributed by atoms with Gasteiger partial charge in [0.15, 0.2) is 0 Å². The van der Waals surface area contributed by atoms with Gasteiger partial charge in [-0.3, -0.25) is 9.78 Å². The van der Waals surface area contributed by atoms with Crippen LogP contribution in [0.25, 0.3) is 0 Å². The van der Waals surface area contributed by atoms with E-state index in [9.17, 15) is 9.18 Å². The molecule has 0 aliphatic heterocycles. The molecule has 4 nitrogen and oxygen atoms in total. The molecule has 1 amide bonds. The van der Waals surface area contributed by atoms with Gasteiger partial charge in [-0.05, 0) is 37.1 Å². The maximum Gasteiger partial charge on any atom is 0.220 e. The largest absolute Gasteiger partial charge is 0.492 e. The molecule has 0 radical (unpaired) electrons. The number of benzene rings is 1. The molecule has 0 saturated heterocycles. The van der Waals surface area contributed by atoms with E-state index in [0.29, 0.717) is 35.8 Å². The quantitative estimate of drug-likeness (QED) is 0.776. The smallest absolute Gasteiger partial charge is 0.220 e. The van der Waals surface area contributed by atoms with Crippen LogP contribution in [-0.4, -0.2) is 23.5 Å². The number of ether oxygens (including phenoxy) is 1. The predicted molar refractivity (Wildman–Crippen MR) is 89.7 cm³/mol. The molecule has 1 saturated carbocycles. The third-order valence-corrected chi connectivity index (χ3v) is 4.29. The third-order valence-electron chi connectivity index (χ3n) is 3.96. The fourth-order valence-electron chi connectivity index (χ4n) is 2.67. The predicted octanol–water partition coefficient (Wildman–Crippen LogP) is 3.71. The van der Waals surface area contributed by atoms with Gasteiger partial charge in [-0.15, -0.1) is 0 Å². The van der Waals surface area contributed by atoms with Gasteiger partial charge in [0, 0.05) is 35.2 Å². The fraction of sp³-hybridized carbons (Fsp3) is 0.333. The first-order valence-corrected chi connectivity index (χ1v) is 8.29. The van der Waals surface area contributed by atoms with Crippen LogP contribution in [0.2, 0.25) is 5.02 Å². The van der Waals surface area contributed by atoms with E-state index < -0.39 is 0 Å². The Kier molecular flexibility index (Phi) is 5.30. The molecule has 6 heteroatoms. The van der Waals surface area contributed by atoms with Gasteiger partial charge in [-0.25, -0.2) is 4.39 Å². The molecule has 1 N–H and O–H groups in total. The van der Waals surface area contributed by atoms with Gasteiger partial charge in [0.05, 0.1) is 12.8 Å². The maximum absolute atomic E-state index is 13.8. The highest BCUT2D eigenvalue weighted by molar-refractivity contribution is 6.31. The zero-order chi connectivity index (χ0) is 16.9. The van der Waals surface area contributed by atoms with Gasteiger partial charge in [0.1, 0.15) is 11.6 Å². The first-order chi connectivity index (χ1) is 11.6. The van der Waals surface area contributed by atoms with Crippen LogP contribution in [0, 0.1) is 5.82 Å². The first-order valence-electron chi connectivity index (χ1n) is 7.91. The number of pyridine rings is 1. The van der Waals surface area contributed by atoms with Gasteiger partial charge >= 0.3 is 0 Å². The monoisotopic (exact) mass is 348 g/mol. The Labute approximate surface area is 145 Å². The molecule has 1 aliphatic carbocycles. The third kappa shape index (κ3) is 4.23. The summed E-state index contributed by atoms with van der Waals surface area (Å²) < 4.78 is 19.3. The Morgan fingerprint density at radius 3 is 3.00 bits per heavy atom. The lowest BCUT2D eigenvalue weighted by Crippen LogP contribution is -2.26. The highest BCUT2D eigenvalue weighted by Gasteiger charge is 2.42. The summed E-state index contributed by atoms with van der Waals surface area (Å²) in [7, 11) is 0. The molecular weight excluding hydrogens is 331 g/mol. The molecule has 0 bridgehead atoms. The second-order valence-electron chi connectivity index (χ2n) is 5.79. The fourth-order valence-corrected chi connectivity index (χ4v) is 2.98. The van der Waals surface area contributed by atoms with Crippen molar-refractivity contribution < 1.29 is 13.9 Å². The maximum atomic E-state index is 13.8. The SMILES string of the molecule is O=C(CCCOc1cccnc1)N[C@@H]1C[C@H]1c1c(F)cccc1Cl. The van der Waals surface area contributed by atoms with E-state index in [1.165, 1.54) is 6.07 Å². The molecule has 0 spiro atoms. The average molecular weight is 349 g/mol. The second-order valence-corrected chi connectivity index (χ2v) is 6.20. The van der Waals surface area contributed by atoms with Crippen molar-refractivity contribution in [3.05, 3.63) is 59.1 Å². The molecular formula is C18H18ClFN2O2. The number of aromatic nitrogens is 1. The average Bonchev–Trinajstić information content (AvgIpc) is 3.31. The first kappa shape index (κ1) is 16.7. The lowest BCUT2D eigenvalue weighted by Gasteiger charge is -2.08. The normalized spacial score (nSPS) is 18.9. The number of nitrogens with one attached hydrogen (secondary N) is 1. The minimum Gasteiger partial charge on any atom is -0.492 e. The van der Waals surface area contributed by atoms with Crippen LogP contribution in [0.15, 0.2) is 42.7 Å². The molecule has 1 aromatic carbocycles. The van der Waals surface area contributed by atoms with Crippen LogP contribution in [0.3, 0.4) is 0 Å². The van der Waals surface area contributed by atoms with E-state index >= 15 is 0 Å². The van der Waals surface area contributed by atoms with Crippen LogP contribution in [0.4, 0.5) is 4.39 Å². The summed E-state index contributed by atoms with van der Waals surface area (Å²) in [6.45, 7) is 0.451. The van der Waals surface area contributed by atoms with Gasteiger partial charge in [-0.2, -0.15) is 0 Å². The van der Waals surface area contributed by atoms with Crippen molar-refractivity contribution in [2.75, 3.05) is 6.61 Å². The number of rotatable bonds is 7. The molecule has 3 rings (SSSR count). The summed E-state index contributed by atoms with van der Waals surface area (Å²) in [5.41, 5.74) is 0.504. The minimum absolute atomic E-state index is 0.0331. The zero-order valence-corrected chi connectivity index (χ0v) is 13.8. The van der Waals surface area contributed by atoms with Crippen molar-refractivity contribution in [3.8, 4) is 5.75 Å².